The smallest absolute Gasteiger partial charge is 0.411 e. The van der Waals surface area contributed by atoms with E-state index in [1.807, 2.05) is 0 Å². The fraction of sp³-hybridized carbons (Fsp3) is 0.889. The molecule has 0 aromatic carbocycles. The van der Waals surface area contributed by atoms with E-state index in [1.165, 1.54) is 6.92 Å². The zero-order valence-electron chi connectivity index (χ0n) is 9.26. The summed E-state index contributed by atoms with van der Waals surface area (Å²) in [5.74, 6) is -0.653. The van der Waals surface area contributed by atoms with Gasteiger partial charge in [0.05, 0.1) is 13.2 Å². The van der Waals surface area contributed by atoms with E-state index in [4.69, 9.17) is 10.5 Å². The number of nitrogens with two attached hydrogens (primary N) is 1. The highest BCUT2D eigenvalue weighted by molar-refractivity contribution is 5.76. The summed E-state index contributed by atoms with van der Waals surface area (Å²) in [4.78, 5) is 11.4. The Morgan fingerprint density at radius 2 is 1.88 bits per heavy atom. The van der Waals surface area contributed by atoms with Crippen LogP contribution in [0.15, 0.2) is 0 Å². The summed E-state index contributed by atoms with van der Waals surface area (Å²) >= 11 is 0. The molecule has 0 aliphatic rings. The maximum atomic E-state index is 11.8. The van der Waals surface area contributed by atoms with Crippen LogP contribution in [0.25, 0.3) is 0 Å². The number of carbonyl (C=O) groups excluding carboxylic acids is 1. The summed E-state index contributed by atoms with van der Waals surface area (Å²) in [6.45, 7) is 1.20. The van der Waals surface area contributed by atoms with Crippen molar-refractivity contribution in [1.29, 1.82) is 0 Å². The van der Waals surface area contributed by atoms with Gasteiger partial charge in [-0.1, -0.05) is 0 Å². The average Bonchev–Trinajstić information content (AvgIpc) is 2.15. The molecule has 1 unspecified atom stereocenters. The average molecular weight is 243 g/mol. The van der Waals surface area contributed by atoms with Crippen molar-refractivity contribution >= 4 is 5.97 Å². The fourth-order valence-corrected chi connectivity index (χ4v) is 0.899. The van der Waals surface area contributed by atoms with Crippen molar-refractivity contribution in [1.82, 2.24) is 0 Å². The highest BCUT2D eigenvalue weighted by Gasteiger charge is 2.36. The minimum absolute atomic E-state index is 0.135. The van der Waals surface area contributed by atoms with Gasteiger partial charge < -0.3 is 15.2 Å². The van der Waals surface area contributed by atoms with Crippen LogP contribution >= 0.6 is 0 Å². The highest BCUT2D eigenvalue weighted by atomic mass is 19.4. The number of hydrogen-bond acceptors (Lipinski definition) is 4. The van der Waals surface area contributed by atoms with Gasteiger partial charge in [0, 0.05) is 6.54 Å². The molecule has 0 radical (unpaired) electrons. The predicted molar refractivity (Wildman–Crippen MR) is 50.7 cm³/mol. The molecule has 0 fully saturated rings. The minimum Gasteiger partial charge on any atom is -0.465 e. The monoisotopic (exact) mass is 243 g/mol. The Hall–Kier alpha value is -0.820. The molecule has 16 heavy (non-hydrogen) atoms. The maximum Gasteiger partial charge on any atom is 0.411 e. The van der Waals surface area contributed by atoms with Crippen molar-refractivity contribution in [2.24, 2.45) is 11.1 Å². The lowest BCUT2D eigenvalue weighted by atomic mass is 9.92. The first-order valence-corrected chi connectivity index (χ1v) is 4.77. The van der Waals surface area contributed by atoms with Crippen LogP contribution in [0.2, 0.25) is 0 Å². The summed E-state index contributed by atoms with van der Waals surface area (Å²) in [6.07, 6.45) is -4.41. The molecule has 0 aromatic rings. The van der Waals surface area contributed by atoms with Crippen LogP contribution in [0, 0.1) is 5.41 Å². The lowest BCUT2D eigenvalue weighted by molar-refractivity contribution is -0.186. The Morgan fingerprint density at radius 3 is 2.25 bits per heavy atom. The normalized spacial score (nSPS) is 15.6. The van der Waals surface area contributed by atoms with Gasteiger partial charge in [-0.3, -0.25) is 4.79 Å². The van der Waals surface area contributed by atoms with Gasteiger partial charge in [-0.2, -0.15) is 13.2 Å². The van der Waals surface area contributed by atoms with Gasteiger partial charge in [-0.25, -0.2) is 0 Å². The van der Waals surface area contributed by atoms with E-state index in [9.17, 15) is 18.0 Å². The van der Waals surface area contributed by atoms with Gasteiger partial charge in [0.1, 0.15) is 12.0 Å². The van der Waals surface area contributed by atoms with Crippen molar-refractivity contribution in [2.45, 2.75) is 20.0 Å². The number of rotatable bonds is 6. The third-order valence-electron chi connectivity index (χ3n) is 1.91. The molecule has 0 aliphatic heterocycles. The second-order valence-electron chi connectivity index (χ2n) is 3.59. The van der Waals surface area contributed by atoms with Crippen molar-refractivity contribution < 1.29 is 27.4 Å². The number of halogens is 3. The van der Waals surface area contributed by atoms with Gasteiger partial charge in [0.25, 0.3) is 0 Å². The Labute approximate surface area is 91.9 Å². The van der Waals surface area contributed by atoms with Crippen LogP contribution in [0.1, 0.15) is 13.8 Å². The summed E-state index contributed by atoms with van der Waals surface area (Å²) in [7, 11) is 0. The molecule has 7 heteroatoms. The first-order valence-electron chi connectivity index (χ1n) is 4.77. The number of ether oxygens (including phenoxy) is 2. The zero-order valence-corrected chi connectivity index (χ0v) is 9.26. The van der Waals surface area contributed by atoms with Crippen LogP contribution in [0.4, 0.5) is 13.2 Å². The molecule has 0 bridgehead atoms. The Kier molecular flexibility index (Phi) is 5.74. The summed E-state index contributed by atoms with van der Waals surface area (Å²) in [6, 6.07) is 0. The molecule has 0 heterocycles. The molecule has 0 amide bonds. The standard InChI is InChI=1S/C9H16F3NO3/c1-3-16-7(14)8(2,4-13)5-15-6-9(10,11)12/h3-6,13H2,1-2H3. The lowest BCUT2D eigenvalue weighted by Crippen LogP contribution is -2.42. The fourth-order valence-electron chi connectivity index (χ4n) is 0.899. The lowest BCUT2D eigenvalue weighted by Gasteiger charge is -2.25. The molecule has 0 rings (SSSR count). The van der Waals surface area contributed by atoms with E-state index < -0.39 is 30.8 Å². The van der Waals surface area contributed by atoms with E-state index in [-0.39, 0.29) is 13.2 Å². The molecule has 1 atom stereocenters. The Balaban J connectivity index is 4.22. The van der Waals surface area contributed by atoms with Crippen LogP contribution in [-0.2, 0) is 14.3 Å². The van der Waals surface area contributed by atoms with Crippen molar-refractivity contribution in [3.05, 3.63) is 0 Å². The SMILES string of the molecule is CCOC(=O)C(C)(CN)COCC(F)(F)F. The molecule has 0 saturated heterocycles. The molecule has 4 nitrogen and oxygen atoms in total. The number of alkyl halides is 3. The van der Waals surface area contributed by atoms with E-state index in [0.717, 1.165) is 0 Å². The van der Waals surface area contributed by atoms with Crippen molar-refractivity contribution in [2.75, 3.05) is 26.4 Å². The second kappa shape index (κ2) is 6.05. The number of esters is 1. The van der Waals surface area contributed by atoms with Gasteiger partial charge in [0.2, 0.25) is 0 Å². The van der Waals surface area contributed by atoms with Gasteiger partial charge in [-0.05, 0) is 13.8 Å². The maximum absolute atomic E-state index is 11.8. The molecular weight excluding hydrogens is 227 g/mol. The zero-order chi connectivity index (χ0) is 12.8. The van der Waals surface area contributed by atoms with Crippen LogP contribution < -0.4 is 5.73 Å². The molecular formula is C9H16F3NO3. The van der Waals surface area contributed by atoms with Crippen molar-refractivity contribution in [3.63, 3.8) is 0 Å². The number of hydrogen-bond donors (Lipinski definition) is 1. The molecule has 0 aromatic heterocycles. The predicted octanol–water partition coefficient (Wildman–Crippen LogP) is 1.09. The van der Waals surface area contributed by atoms with Crippen LogP contribution in [-0.4, -0.2) is 38.5 Å². The molecule has 2 N–H and O–H groups in total. The Morgan fingerprint density at radius 1 is 1.31 bits per heavy atom. The van der Waals surface area contributed by atoms with Crippen LogP contribution in [0.5, 0.6) is 0 Å². The first-order chi connectivity index (χ1) is 7.25. The van der Waals surface area contributed by atoms with E-state index in [2.05, 4.69) is 4.74 Å². The quantitative estimate of drug-likeness (QED) is 0.709. The molecule has 0 spiro atoms. The van der Waals surface area contributed by atoms with Gasteiger partial charge in [-0.15, -0.1) is 0 Å². The van der Waals surface area contributed by atoms with Crippen molar-refractivity contribution in [3.8, 4) is 0 Å². The molecule has 0 saturated carbocycles. The van der Waals surface area contributed by atoms with Crippen LogP contribution in [0.3, 0.4) is 0 Å². The minimum atomic E-state index is -4.41. The summed E-state index contributed by atoms with van der Waals surface area (Å²) < 4.78 is 44.6. The Bertz CT molecular complexity index is 233. The topological polar surface area (TPSA) is 61.5 Å². The third-order valence-corrected chi connectivity index (χ3v) is 1.91. The summed E-state index contributed by atoms with van der Waals surface area (Å²) in [5, 5.41) is 0. The second-order valence-corrected chi connectivity index (χ2v) is 3.59. The molecule has 0 aliphatic carbocycles. The largest absolute Gasteiger partial charge is 0.465 e. The van der Waals surface area contributed by atoms with Gasteiger partial charge in [0.15, 0.2) is 0 Å². The first kappa shape index (κ1) is 15.2. The van der Waals surface area contributed by atoms with E-state index >= 15 is 0 Å². The third kappa shape index (κ3) is 5.32. The highest BCUT2D eigenvalue weighted by Crippen LogP contribution is 2.20. The van der Waals surface area contributed by atoms with E-state index in [0.29, 0.717) is 0 Å². The molecule has 96 valence electrons. The van der Waals surface area contributed by atoms with E-state index in [1.54, 1.807) is 6.92 Å². The number of carbonyl (C=O) groups is 1. The summed E-state index contributed by atoms with van der Waals surface area (Å²) in [5.41, 5.74) is 4.09. The van der Waals surface area contributed by atoms with Gasteiger partial charge >= 0.3 is 12.1 Å².